The predicted octanol–water partition coefficient (Wildman–Crippen LogP) is 1.54. The van der Waals surface area contributed by atoms with E-state index in [1.165, 1.54) is 0 Å². The average Bonchev–Trinajstić information content (AvgIpc) is 2.66. The Morgan fingerprint density at radius 1 is 1.67 bits per heavy atom. The van der Waals surface area contributed by atoms with Crippen molar-refractivity contribution in [1.82, 2.24) is 14.9 Å². The SMILES string of the molecule is CCCn1ccnc1CNCC(C)C#N. The molecule has 82 valence electrons. The monoisotopic (exact) mass is 206 g/mol. The van der Waals surface area contributed by atoms with Gasteiger partial charge >= 0.3 is 0 Å². The van der Waals surface area contributed by atoms with Gasteiger partial charge in [-0.25, -0.2) is 4.98 Å². The summed E-state index contributed by atoms with van der Waals surface area (Å²) in [5.41, 5.74) is 0. The quantitative estimate of drug-likeness (QED) is 0.768. The molecule has 1 heterocycles. The van der Waals surface area contributed by atoms with Crippen molar-refractivity contribution in [2.24, 2.45) is 5.92 Å². The van der Waals surface area contributed by atoms with Gasteiger partial charge in [0.05, 0.1) is 18.5 Å². The zero-order chi connectivity index (χ0) is 11.1. The second-order valence-corrected chi connectivity index (χ2v) is 3.70. The van der Waals surface area contributed by atoms with E-state index in [4.69, 9.17) is 5.26 Å². The van der Waals surface area contributed by atoms with Crippen LogP contribution in [0.3, 0.4) is 0 Å². The Hall–Kier alpha value is -1.34. The summed E-state index contributed by atoms with van der Waals surface area (Å²) < 4.78 is 2.14. The smallest absolute Gasteiger partial charge is 0.122 e. The van der Waals surface area contributed by atoms with E-state index in [1.54, 1.807) is 0 Å². The highest BCUT2D eigenvalue weighted by molar-refractivity contribution is 4.92. The largest absolute Gasteiger partial charge is 0.334 e. The molecule has 0 fully saturated rings. The first-order valence-corrected chi connectivity index (χ1v) is 5.38. The third-order valence-corrected chi connectivity index (χ3v) is 2.22. The molecule has 0 bridgehead atoms. The van der Waals surface area contributed by atoms with Gasteiger partial charge in [0.15, 0.2) is 0 Å². The average molecular weight is 206 g/mol. The molecule has 4 heteroatoms. The molecular weight excluding hydrogens is 188 g/mol. The molecular formula is C11H18N4. The van der Waals surface area contributed by atoms with Crippen LogP contribution in [0.1, 0.15) is 26.1 Å². The van der Waals surface area contributed by atoms with Gasteiger partial charge in [-0.3, -0.25) is 0 Å². The molecule has 15 heavy (non-hydrogen) atoms. The van der Waals surface area contributed by atoms with Crippen molar-refractivity contribution in [2.45, 2.75) is 33.4 Å². The summed E-state index contributed by atoms with van der Waals surface area (Å²) in [5, 5.41) is 11.9. The van der Waals surface area contributed by atoms with Crippen LogP contribution in [-0.2, 0) is 13.1 Å². The third kappa shape index (κ3) is 3.72. The van der Waals surface area contributed by atoms with Gasteiger partial charge in [-0.1, -0.05) is 6.92 Å². The molecule has 0 aliphatic rings. The lowest BCUT2D eigenvalue weighted by Crippen LogP contribution is -2.22. The first kappa shape index (κ1) is 11.7. The zero-order valence-electron chi connectivity index (χ0n) is 9.40. The Labute approximate surface area is 90.9 Å². The van der Waals surface area contributed by atoms with Crippen molar-refractivity contribution in [3.63, 3.8) is 0 Å². The number of hydrogen-bond acceptors (Lipinski definition) is 3. The summed E-state index contributed by atoms with van der Waals surface area (Å²) in [6.45, 7) is 6.51. The summed E-state index contributed by atoms with van der Waals surface area (Å²) in [6.07, 6.45) is 4.92. The molecule has 1 aromatic heterocycles. The van der Waals surface area contributed by atoms with Crippen molar-refractivity contribution in [2.75, 3.05) is 6.54 Å². The van der Waals surface area contributed by atoms with Gasteiger partial charge in [0.1, 0.15) is 5.82 Å². The normalized spacial score (nSPS) is 12.3. The van der Waals surface area contributed by atoms with Crippen molar-refractivity contribution < 1.29 is 0 Å². The first-order chi connectivity index (χ1) is 7.27. The first-order valence-electron chi connectivity index (χ1n) is 5.38. The highest BCUT2D eigenvalue weighted by Crippen LogP contribution is 1.99. The molecule has 1 rings (SSSR count). The minimum atomic E-state index is 0.0552. The van der Waals surface area contributed by atoms with E-state index in [-0.39, 0.29) is 5.92 Å². The Morgan fingerprint density at radius 2 is 2.47 bits per heavy atom. The van der Waals surface area contributed by atoms with Gasteiger partial charge in [0.2, 0.25) is 0 Å². The second-order valence-electron chi connectivity index (χ2n) is 3.70. The lowest BCUT2D eigenvalue weighted by Gasteiger charge is -2.08. The number of nitriles is 1. The van der Waals surface area contributed by atoms with Gasteiger partial charge < -0.3 is 9.88 Å². The molecule has 1 N–H and O–H groups in total. The standard InChI is InChI=1S/C11H18N4/c1-3-5-15-6-4-14-11(15)9-13-8-10(2)7-12/h4,6,10,13H,3,5,8-9H2,1-2H3. The maximum Gasteiger partial charge on any atom is 0.122 e. The molecule has 0 aliphatic heterocycles. The van der Waals surface area contributed by atoms with Crippen LogP contribution in [0.5, 0.6) is 0 Å². The van der Waals surface area contributed by atoms with Gasteiger partial charge in [-0.15, -0.1) is 0 Å². The van der Waals surface area contributed by atoms with Crippen LogP contribution in [0.25, 0.3) is 0 Å². The summed E-state index contributed by atoms with van der Waals surface area (Å²) in [4.78, 5) is 4.28. The van der Waals surface area contributed by atoms with Crippen LogP contribution in [0, 0.1) is 17.2 Å². The molecule has 1 unspecified atom stereocenters. The van der Waals surface area contributed by atoms with E-state index in [2.05, 4.69) is 27.9 Å². The van der Waals surface area contributed by atoms with Gasteiger partial charge in [0, 0.05) is 25.5 Å². The Kier molecular flexibility index (Phi) is 4.85. The molecule has 0 aliphatic carbocycles. The van der Waals surface area contributed by atoms with Gasteiger partial charge in [0.25, 0.3) is 0 Å². The van der Waals surface area contributed by atoms with Crippen molar-refractivity contribution in [1.29, 1.82) is 5.26 Å². The molecule has 0 saturated carbocycles. The molecule has 0 saturated heterocycles. The predicted molar refractivity (Wildman–Crippen MR) is 59.0 cm³/mol. The maximum absolute atomic E-state index is 8.62. The van der Waals surface area contributed by atoms with Crippen LogP contribution in [-0.4, -0.2) is 16.1 Å². The molecule has 0 spiro atoms. The zero-order valence-corrected chi connectivity index (χ0v) is 9.40. The summed E-state index contributed by atoms with van der Waals surface area (Å²) in [5.74, 6) is 1.10. The van der Waals surface area contributed by atoms with E-state index in [0.717, 1.165) is 31.9 Å². The number of hydrogen-bond donors (Lipinski definition) is 1. The minimum Gasteiger partial charge on any atom is -0.334 e. The fourth-order valence-corrected chi connectivity index (χ4v) is 1.40. The number of rotatable bonds is 6. The van der Waals surface area contributed by atoms with Crippen LogP contribution in [0.2, 0.25) is 0 Å². The Bertz CT molecular complexity index is 324. The number of aryl methyl sites for hydroxylation is 1. The summed E-state index contributed by atoms with van der Waals surface area (Å²) in [7, 11) is 0. The van der Waals surface area contributed by atoms with Gasteiger partial charge in [-0.05, 0) is 13.3 Å². The Balaban J connectivity index is 2.37. The number of imidazole rings is 1. The van der Waals surface area contributed by atoms with E-state index in [9.17, 15) is 0 Å². The van der Waals surface area contributed by atoms with Crippen LogP contribution >= 0.6 is 0 Å². The van der Waals surface area contributed by atoms with Crippen LogP contribution < -0.4 is 5.32 Å². The lowest BCUT2D eigenvalue weighted by atomic mass is 10.2. The fourth-order valence-electron chi connectivity index (χ4n) is 1.40. The molecule has 0 aromatic carbocycles. The second kappa shape index (κ2) is 6.20. The van der Waals surface area contributed by atoms with E-state index in [1.807, 2.05) is 19.3 Å². The van der Waals surface area contributed by atoms with Crippen molar-refractivity contribution in [3.05, 3.63) is 18.2 Å². The van der Waals surface area contributed by atoms with Crippen LogP contribution in [0.15, 0.2) is 12.4 Å². The number of nitrogens with zero attached hydrogens (tertiary/aromatic N) is 3. The molecule has 4 nitrogen and oxygen atoms in total. The molecule has 1 aromatic rings. The van der Waals surface area contributed by atoms with Crippen molar-refractivity contribution >= 4 is 0 Å². The van der Waals surface area contributed by atoms with Crippen LogP contribution in [0.4, 0.5) is 0 Å². The van der Waals surface area contributed by atoms with E-state index < -0.39 is 0 Å². The molecule has 0 radical (unpaired) electrons. The fraction of sp³-hybridized carbons (Fsp3) is 0.636. The number of aromatic nitrogens is 2. The minimum absolute atomic E-state index is 0.0552. The van der Waals surface area contributed by atoms with Gasteiger partial charge in [-0.2, -0.15) is 5.26 Å². The third-order valence-electron chi connectivity index (χ3n) is 2.22. The number of nitrogens with one attached hydrogen (secondary N) is 1. The summed E-state index contributed by atoms with van der Waals surface area (Å²) in [6, 6.07) is 2.20. The Morgan fingerprint density at radius 3 is 3.13 bits per heavy atom. The molecule has 0 amide bonds. The summed E-state index contributed by atoms with van der Waals surface area (Å²) >= 11 is 0. The lowest BCUT2D eigenvalue weighted by molar-refractivity contribution is 0.556. The highest BCUT2D eigenvalue weighted by Gasteiger charge is 2.03. The van der Waals surface area contributed by atoms with E-state index >= 15 is 0 Å². The molecule has 1 atom stereocenters. The highest BCUT2D eigenvalue weighted by atomic mass is 15.1. The topological polar surface area (TPSA) is 53.6 Å². The van der Waals surface area contributed by atoms with E-state index in [0.29, 0.717) is 0 Å². The van der Waals surface area contributed by atoms with Crippen molar-refractivity contribution in [3.8, 4) is 6.07 Å². The maximum atomic E-state index is 8.62.